The van der Waals surface area contributed by atoms with Crippen LogP contribution in [0.1, 0.15) is 22.0 Å². The molecule has 0 aromatic carbocycles. The zero-order valence-electron chi connectivity index (χ0n) is 12.8. The zero-order chi connectivity index (χ0) is 15.1. The van der Waals surface area contributed by atoms with Crippen LogP contribution in [-0.4, -0.2) is 28.9 Å². The first-order valence-corrected chi connectivity index (χ1v) is 7.15. The largest absolute Gasteiger partial charge is 1.00 e. The second-order valence-corrected chi connectivity index (χ2v) is 5.17. The van der Waals surface area contributed by atoms with Crippen molar-refractivity contribution in [2.45, 2.75) is 26.8 Å². The summed E-state index contributed by atoms with van der Waals surface area (Å²) in [6.07, 6.45) is 2.60. The normalized spacial score (nSPS) is 9.14. The van der Waals surface area contributed by atoms with Gasteiger partial charge in [0.1, 0.15) is 11.8 Å². The van der Waals surface area contributed by atoms with Crippen molar-refractivity contribution in [2.75, 3.05) is 19.5 Å². The number of anilines is 1. The molecule has 0 unspecified atom stereocenters. The van der Waals surface area contributed by atoms with Crippen LogP contribution in [0.25, 0.3) is 0 Å². The van der Waals surface area contributed by atoms with E-state index < -0.39 is 0 Å². The molecule has 0 aliphatic carbocycles. The molecule has 0 atom stereocenters. The third-order valence-corrected chi connectivity index (χ3v) is 4.05. The van der Waals surface area contributed by atoms with Crippen LogP contribution in [0, 0.1) is 13.8 Å². The summed E-state index contributed by atoms with van der Waals surface area (Å²) < 4.78 is 2.13. The maximum Gasteiger partial charge on any atom is 0.295 e. The Bertz CT molecular complexity index is 567. The Morgan fingerprint density at radius 1 is 1.32 bits per heavy atom. The van der Waals surface area contributed by atoms with Crippen LogP contribution in [0.4, 0.5) is 5.82 Å². The van der Waals surface area contributed by atoms with Crippen LogP contribution >= 0.6 is 11.3 Å². The average molecular weight is 369 g/mol. The molecule has 9 heteroatoms. The number of hydrogen-bond donors (Lipinski definition) is 3. The first-order valence-electron chi connectivity index (χ1n) is 6.27. The van der Waals surface area contributed by atoms with Gasteiger partial charge in [-0.2, -0.15) is 4.57 Å². The lowest BCUT2D eigenvalue weighted by molar-refractivity contribution is -0.690. The minimum atomic E-state index is 0. The molecule has 126 valence electrons. The van der Waals surface area contributed by atoms with Gasteiger partial charge in [-0.3, -0.25) is 0 Å². The summed E-state index contributed by atoms with van der Waals surface area (Å²) >= 11 is 1.66. The lowest BCUT2D eigenvalue weighted by Crippen LogP contribution is -3.00. The van der Waals surface area contributed by atoms with Crippen LogP contribution in [0.5, 0.6) is 0 Å². The van der Waals surface area contributed by atoms with Gasteiger partial charge in [0, 0.05) is 34.0 Å². The van der Waals surface area contributed by atoms with E-state index in [0.29, 0.717) is 18.8 Å². The number of aryl methyl sites for hydroxylation is 1. The van der Waals surface area contributed by atoms with Gasteiger partial charge in [-0.15, -0.1) is 0 Å². The lowest BCUT2D eigenvalue weighted by Gasteiger charge is -1.97. The van der Waals surface area contributed by atoms with Crippen molar-refractivity contribution >= 4 is 17.2 Å². The number of nitrogen functional groups attached to an aromatic ring is 1. The van der Waals surface area contributed by atoms with E-state index in [0.717, 1.165) is 18.5 Å². The number of rotatable bonds is 4. The van der Waals surface area contributed by atoms with E-state index in [-0.39, 0.29) is 31.4 Å². The molecule has 0 saturated carbocycles. The van der Waals surface area contributed by atoms with Gasteiger partial charge in [0.25, 0.3) is 11.6 Å². The van der Waals surface area contributed by atoms with Crippen molar-refractivity contribution in [1.82, 2.24) is 4.98 Å². The van der Waals surface area contributed by atoms with Crippen LogP contribution in [0.2, 0.25) is 0 Å². The Morgan fingerprint density at radius 3 is 2.50 bits per heavy atom. The molecule has 2 aromatic rings. The first kappa shape index (κ1) is 23.3. The number of H-pyrrole nitrogens is 1. The molecule has 6 nitrogen and oxygen atoms in total. The first-order chi connectivity index (χ1) is 9.61. The third-order valence-electron chi connectivity index (χ3n) is 2.91. The number of thiazole rings is 1. The van der Waals surface area contributed by atoms with E-state index in [4.69, 9.17) is 15.9 Å². The second kappa shape index (κ2) is 11.6. The van der Waals surface area contributed by atoms with Gasteiger partial charge in [0.2, 0.25) is 5.51 Å². The third kappa shape index (κ3) is 6.02. The molecule has 0 fully saturated rings. The molecule has 0 spiro atoms. The molecule has 0 aliphatic heterocycles. The molecule has 0 aliphatic rings. The highest BCUT2D eigenvalue weighted by atomic mass is 35.5. The maximum absolute atomic E-state index is 8.98. The molecule has 0 saturated heterocycles. The highest BCUT2D eigenvalue weighted by Crippen LogP contribution is 2.13. The summed E-state index contributed by atoms with van der Waals surface area (Å²) in [5.41, 5.74) is 10.1. The minimum Gasteiger partial charge on any atom is -1.00 e. The summed E-state index contributed by atoms with van der Waals surface area (Å²) in [6, 6.07) is 0. The number of aliphatic hydroxyl groups excluding tert-OH is 2. The predicted molar refractivity (Wildman–Crippen MR) is 77.2 cm³/mol. The number of aromatic nitrogens is 3. The van der Waals surface area contributed by atoms with Gasteiger partial charge in [-0.05, 0) is 4.98 Å². The number of aromatic amines is 1. The van der Waals surface area contributed by atoms with Crippen LogP contribution in [0.3, 0.4) is 0 Å². The molecule has 0 bridgehead atoms. The van der Waals surface area contributed by atoms with Gasteiger partial charge in [0.05, 0.1) is 4.88 Å². The standard InChI is InChI=1S/C12H17N4OS.CH4O.2ClH/c1-8-11(3-4-17)18-7-16(8)6-10-5-14-9(2)15-12(10)13;1-2;;/h5,7,17H,3-4,6H2,1-2H3,(H2,13,14,15);2H,1H3;2*1H/q+1;;;/p-1. The monoisotopic (exact) mass is 368 g/mol. The van der Waals surface area contributed by atoms with Crippen molar-refractivity contribution < 1.29 is 44.6 Å². The molecular formula is C13H22Cl2N4O2S. The molecule has 0 amide bonds. The highest BCUT2D eigenvalue weighted by molar-refractivity contribution is 7.09. The summed E-state index contributed by atoms with van der Waals surface area (Å²) in [7, 11) is 1.00. The van der Waals surface area contributed by atoms with Gasteiger partial charge in [-0.25, -0.2) is 4.98 Å². The van der Waals surface area contributed by atoms with Gasteiger partial charge < -0.3 is 40.8 Å². The zero-order valence-corrected chi connectivity index (χ0v) is 15.1. The molecule has 2 aromatic heterocycles. The average Bonchev–Trinajstić information content (AvgIpc) is 2.77. The quantitative estimate of drug-likeness (QED) is 0.467. The van der Waals surface area contributed by atoms with Crippen molar-refractivity contribution in [3.8, 4) is 0 Å². The highest BCUT2D eigenvalue weighted by Gasteiger charge is 2.19. The number of nitrogens with zero attached hydrogens (tertiary/aromatic N) is 2. The Morgan fingerprint density at radius 2 is 1.95 bits per heavy atom. The SMILES string of the molecule is CO.Cc1nc(N)c(C[n+]2csc(CCO)c2C)c[nH+]1.[Cl-].[Cl-]. The summed E-state index contributed by atoms with van der Waals surface area (Å²) in [4.78, 5) is 8.49. The van der Waals surface area contributed by atoms with Crippen LogP contribution in [-0.2, 0) is 13.0 Å². The smallest absolute Gasteiger partial charge is 0.295 e. The number of hydrogen-bond acceptors (Lipinski definition) is 5. The summed E-state index contributed by atoms with van der Waals surface area (Å²) in [6.45, 7) is 4.82. The van der Waals surface area contributed by atoms with E-state index in [1.807, 2.05) is 13.1 Å². The fraction of sp³-hybridized carbons (Fsp3) is 0.462. The number of nitrogens with two attached hydrogens (primary N) is 1. The van der Waals surface area contributed by atoms with E-state index in [9.17, 15) is 0 Å². The van der Waals surface area contributed by atoms with E-state index in [2.05, 4.69) is 27.0 Å². The molecule has 2 rings (SSSR count). The van der Waals surface area contributed by atoms with Crippen LogP contribution < -0.4 is 40.1 Å². The Kier molecular flexibility index (Phi) is 12.2. The lowest BCUT2D eigenvalue weighted by atomic mass is 10.2. The van der Waals surface area contributed by atoms with Crippen molar-refractivity contribution in [2.24, 2.45) is 0 Å². The number of nitrogens with one attached hydrogen (secondary N) is 1. The minimum absolute atomic E-state index is 0. The Labute approximate surface area is 146 Å². The molecule has 5 N–H and O–H groups in total. The van der Waals surface area contributed by atoms with Gasteiger partial charge >= 0.3 is 0 Å². The summed E-state index contributed by atoms with van der Waals surface area (Å²) in [5, 5.41) is 16.0. The molecular weight excluding hydrogens is 347 g/mol. The number of halogens is 2. The van der Waals surface area contributed by atoms with Crippen LogP contribution in [0.15, 0.2) is 11.7 Å². The Balaban J connectivity index is 0. The summed E-state index contributed by atoms with van der Waals surface area (Å²) in [5.74, 6) is 1.37. The second-order valence-electron chi connectivity index (χ2n) is 4.23. The van der Waals surface area contributed by atoms with E-state index >= 15 is 0 Å². The molecule has 0 radical (unpaired) electrons. The van der Waals surface area contributed by atoms with E-state index in [1.165, 1.54) is 10.6 Å². The topological polar surface area (TPSA) is 97.4 Å². The molecule has 2 heterocycles. The number of aliphatic hydroxyl groups is 2. The molecule has 22 heavy (non-hydrogen) atoms. The van der Waals surface area contributed by atoms with Crippen molar-refractivity contribution in [3.05, 3.63) is 33.7 Å². The maximum atomic E-state index is 8.98. The van der Waals surface area contributed by atoms with Gasteiger partial charge in [0.15, 0.2) is 12.2 Å². The van der Waals surface area contributed by atoms with Gasteiger partial charge in [-0.1, -0.05) is 11.3 Å². The predicted octanol–water partition coefficient (Wildman–Crippen LogP) is -6.36. The van der Waals surface area contributed by atoms with Crippen molar-refractivity contribution in [1.29, 1.82) is 0 Å². The Hall–Kier alpha value is -0.990. The van der Waals surface area contributed by atoms with E-state index in [1.54, 1.807) is 11.3 Å². The van der Waals surface area contributed by atoms with Crippen molar-refractivity contribution in [3.63, 3.8) is 0 Å². The fourth-order valence-electron chi connectivity index (χ4n) is 1.81. The fourth-order valence-corrected chi connectivity index (χ4v) is 2.79.